The van der Waals surface area contributed by atoms with E-state index in [1.54, 1.807) is 16.2 Å². The molecule has 4 nitrogen and oxygen atoms in total. The number of rotatable bonds is 2. The normalized spacial score (nSPS) is 21.6. The van der Waals surface area contributed by atoms with Gasteiger partial charge in [-0.05, 0) is 45.1 Å². The van der Waals surface area contributed by atoms with Crippen molar-refractivity contribution in [1.82, 2.24) is 4.90 Å². The first-order valence-electron chi connectivity index (χ1n) is 7.06. The number of aliphatic hydroxyl groups excluding tert-OH is 1. The Morgan fingerprint density at radius 3 is 2.90 bits per heavy atom. The summed E-state index contributed by atoms with van der Waals surface area (Å²) in [5.74, 6) is 0.0925. The monoisotopic (exact) mass is 297 g/mol. The molecule has 0 radical (unpaired) electrons. The Morgan fingerprint density at radius 2 is 2.30 bits per heavy atom. The van der Waals surface area contributed by atoms with Gasteiger partial charge in [-0.15, -0.1) is 11.3 Å². The van der Waals surface area contributed by atoms with Crippen LogP contribution in [0.1, 0.15) is 44.6 Å². The van der Waals surface area contributed by atoms with Crippen LogP contribution in [0.5, 0.6) is 0 Å². The minimum absolute atomic E-state index is 0.0925. The van der Waals surface area contributed by atoms with Crippen LogP contribution in [-0.4, -0.2) is 34.8 Å². The first-order chi connectivity index (χ1) is 9.37. The molecule has 1 saturated heterocycles. The van der Waals surface area contributed by atoms with E-state index in [9.17, 15) is 9.90 Å². The number of amides is 1. The van der Waals surface area contributed by atoms with Crippen molar-refractivity contribution in [2.75, 3.05) is 13.1 Å². The van der Waals surface area contributed by atoms with Crippen LogP contribution in [0.25, 0.3) is 0 Å². The molecule has 1 aliphatic rings. The summed E-state index contributed by atoms with van der Waals surface area (Å²) in [4.78, 5) is 14.8. The van der Waals surface area contributed by atoms with Crippen LogP contribution in [0, 0.1) is 5.92 Å². The van der Waals surface area contributed by atoms with Crippen LogP contribution >= 0.6 is 11.3 Å². The lowest BCUT2D eigenvalue weighted by atomic mass is 9.92. The molecule has 2 rings (SSSR count). The Kier molecular flexibility index (Phi) is 4.70. The van der Waals surface area contributed by atoms with Crippen LogP contribution in [0.3, 0.4) is 0 Å². The number of nitrogens with zero attached hydrogens (tertiary/aromatic N) is 1. The third-order valence-electron chi connectivity index (χ3n) is 3.39. The van der Waals surface area contributed by atoms with Crippen molar-refractivity contribution in [3.63, 3.8) is 0 Å². The second-order valence-corrected chi connectivity index (χ2v) is 7.27. The summed E-state index contributed by atoms with van der Waals surface area (Å²) < 4.78 is 5.40. The van der Waals surface area contributed by atoms with E-state index in [4.69, 9.17) is 4.74 Å². The number of thiophene rings is 1. The lowest BCUT2D eigenvalue weighted by Crippen LogP contribution is -2.44. The van der Waals surface area contributed by atoms with Crippen molar-refractivity contribution < 1.29 is 14.6 Å². The standard InChI is InChI=1S/C15H23NO3S/c1-15(2,3)19-14(18)16-8-4-6-11(10-16)13(17)12-7-5-9-20-12/h5,7,9,11,13,17H,4,6,8,10H2,1-3H3. The van der Waals surface area contributed by atoms with Gasteiger partial charge in [0.2, 0.25) is 0 Å². The van der Waals surface area contributed by atoms with E-state index >= 15 is 0 Å². The molecule has 2 unspecified atom stereocenters. The van der Waals surface area contributed by atoms with E-state index in [0.29, 0.717) is 13.1 Å². The molecule has 0 saturated carbocycles. The number of carbonyl (C=O) groups excluding carboxylic acids is 1. The molecule has 1 fully saturated rings. The van der Waals surface area contributed by atoms with Gasteiger partial charge < -0.3 is 14.7 Å². The van der Waals surface area contributed by atoms with E-state index in [-0.39, 0.29) is 12.0 Å². The van der Waals surface area contributed by atoms with Crippen molar-refractivity contribution in [3.05, 3.63) is 22.4 Å². The maximum atomic E-state index is 12.1. The summed E-state index contributed by atoms with van der Waals surface area (Å²) in [5.41, 5.74) is -0.476. The summed E-state index contributed by atoms with van der Waals surface area (Å²) in [6.45, 7) is 6.88. The largest absolute Gasteiger partial charge is 0.444 e. The predicted octanol–water partition coefficient (Wildman–Crippen LogP) is 3.43. The molecule has 1 aliphatic heterocycles. The van der Waals surface area contributed by atoms with Crippen molar-refractivity contribution in [3.8, 4) is 0 Å². The van der Waals surface area contributed by atoms with Gasteiger partial charge in [0, 0.05) is 23.9 Å². The highest BCUT2D eigenvalue weighted by molar-refractivity contribution is 7.10. The first kappa shape index (κ1) is 15.3. The van der Waals surface area contributed by atoms with Gasteiger partial charge in [-0.3, -0.25) is 0 Å². The maximum absolute atomic E-state index is 12.1. The average molecular weight is 297 g/mol. The Labute approximate surface area is 124 Å². The van der Waals surface area contributed by atoms with Gasteiger partial charge in [0.1, 0.15) is 5.60 Å². The zero-order chi connectivity index (χ0) is 14.8. The van der Waals surface area contributed by atoms with Crippen molar-refractivity contribution in [2.24, 2.45) is 5.92 Å². The number of ether oxygens (including phenoxy) is 1. The number of aliphatic hydroxyl groups is 1. The van der Waals surface area contributed by atoms with Gasteiger partial charge in [0.15, 0.2) is 0 Å². The molecule has 0 aliphatic carbocycles. The molecule has 1 N–H and O–H groups in total. The minimum atomic E-state index is -0.486. The molecule has 0 bridgehead atoms. The predicted molar refractivity (Wildman–Crippen MR) is 79.8 cm³/mol. The van der Waals surface area contributed by atoms with Crippen molar-refractivity contribution >= 4 is 17.4 Å². The lowest BCUT2D eigenvalue weighted by Gasteiger charge is -2.35. The average Bonchev–Trinajstić information content (AvgIpc) is 2.90. The SMILES string of the molecule is CC(C)(C)OC(=O)N1CCCC(C(O)c2cccs2)C1. The van der Waals surface area contributed by atoms with Crippen LogP contribution in [0.4, 0.5) is 4.79 Å². The van der Waals surface area contributed by atoms with Gasteiger partial charge in [0.05, 0.1) is 6.10 Å². The Balaban J connectivity index is 1.96. The highest BCUT2D eigenvalue weighted by Gasteiger charge is 2.31. The summed E-state index contributed by atoms with van der Waals surface area (Å²) in [6.07, 6.45) is 1.09. The third-order valence-corrected chi connectivity index (χ3v) is 4.33. The van der Waals surface area contributed by atoms with Crippen molar-refractivity contribution in [1.29, 1.82) is 0 Å². The van der Waals surface area contributed by atoms with Crippen LogP contribution < -0.4 is 0 Å². The molecule has 0 spiro atoms. The molecule has 1 amide bonds. The Hall–Kier alpha value is -1.07. The summed E-state index contributed by atoms with van der Waals surface area (Å²) in [6, 6.07) is 3.89. The second kappa shape index (κ2) is 6.14. The summed E-state index contributed by atoms with van der Waals surface area (Å²) in [5, 5.41) is 12.4. The quantitative estimate of drug-likeness (QED) is 0.910. The van der Waals surface area contributed by atoms with E-state index in [2.05, 4.69) is 0 Å². The van der Waals surface area contributed by atoms with E-state index in [1.807, 2.05) is 38.3 Å². The zero-order valence-corrected chi connectivity index (χ0v) is 13.2. The highest BCUT2D eigenvalue weighted by Crippen LogP contribution is 2.32. The lowest BCUT2D eigenvalue weighted by molar-refractivity contribution is 0.00293. The van der Waals surface area contributed by atoms with E-state index < -0.39 is 11.7 Å². The highest BCUT2D eigenvalue weighted by atomic mass is 32.1. The van der Waals surface area contributed by atoms with E-state index in [0.717, 1.165) is 17.7 Å². The fourth-order valence-corrected chi connectivity index (χ4v) is 3.26. The van der Waals surface area contributed by atoms with Gasteiger partial charge in [-0.2, -0.15) is 0 Å². The van der Waals surface area contributed by atoms with Crippen LogP contribution in [0.15, 0.2) is 17.5 Å². The number of likely N-dealkylation sites (tertiary alicyclic amines) is 1. The van der Waals surface area contributed by atoms with Gasteiger partial charge >= 0.3 is 6.09 Å². The summed E-state index contributed by atoms with van der Waals surface area (Å²) in [7, 11) is 0. The second-order valence-electron chi connectivity index (χ2n) is 6.29. The first-order valence-corrected chi connectivity index (χ1v) is 7.94. The molecule has 1 aromatic heterocycles. The molecule has 0 aromatic carbocycles. The smallest absolute Gasteiger partial charge is 0.410 e. The number of carbonyl (C=O) groups is 1. The molecule has 5 heteroatoms. The number of piperidine rings is 1. The van der Waals surface area contributed by atoms with Crippen LogP contribution in [-0.2, 0) is 4.74 Å². The minimum Gasteiger partial charge on any atom is -0.444 e. The molecule has 1 aromatic rings. The summed E-state index contributed by atoms with van der Waals surface area (Å²) >= 11 is 1.56. The Morgan fingerprint density at radius 1 is 1.55 bits per heavy atom. The van der Waals surface area contributed by atoms with Crippen molar-refractivity contribution in [2.45, 2.75) is 45.3 Å². The van der Waals surface area contributed by atoms with Gasteiger partial charge in [-0.25, -0.2) is 4.79 Å². The third kappa shape index (κ3) is 3.96. The molecule has 112 valence electrons. The van der Waals surface area contributed by atoms with Gasteiger partial charge in [-0.1, -0.05) is 6.07 Å². The molecule has 2 heterocycles. The van der Waals surface area contributed by atoms with Gasteiger partial charge in [0.25, 0.3) is 0 Å². The Bertz CT molecular complexity index is 438. The zero-order valence-electron chi connectivity index (χ0n) is 12.3. The fourth-order valence-electron chi connectivity index (χ4n) is 2.45. The molecule has 20 heavy (non-hydrogen) atoms. The maximum Gasteiger partial charge on any atom is 0.410 e. The van der Waals surface area contributed by atoms with Crippen LogP contribution in [0.2, 0.25) is 0 Å². The number of hydrogen-bond acceptors (Lipinski definition) is 4. The molecule has 2 atom stereocenters. The topological polar surface area (TPSA) is 49.8 Å². The fraction of sp³-hybridized carbons (Fsp3) is 0.667. The van der Waals surface area contributed by atoms with E-state index in [1.165, 1.54) is 0 Å². The molecular weight excluding hydrogens is 274 g/mol. The number of hydrogen-bond donors (Lipinski definition) is 1. The molecular formula is C15H23NO3S.